The van der Waals surface area contributed by atoms with Crippen LogP contribution in [0.1, 0.15) is 22.7 Å². The summed E-state index contributed by atoms with van der Waals surface area (Å²) in [6, 6.07) is 29.0. The van der Waals surface area contributed by atoms with Crippen molar-refractivity contribution in [1.82, 2.24) is 0 Å². The fourth-order valence-electron chi connectivity index (χ4n) is 2.34. The van der Waals surface area contributed by atoms with Gasteiger partial charge in [0.2, 0.25) is 0 Å². The lowest BCUT2D eigenvalue weighted by molar-refractivity contribution is 0.878. The van der Waals surface area contributed by atoms with Gasteiger partial charge in [-0.1, -0.05) is 88.7 Å². The topological polar surface area (TPSA) is 12.4 Å². The summed E-state index contributed by atoms with van der Waals surface area (Å²) < 4.78 is 1.08. The lowest BCUT2D eigenvalue weighted by Crippen LogP contribution is -1.98. The van der Waals surface area contributed by atoms with Gasteiger partial charge < -0.3 is 0 Å². The highest BCUT2D eigenvalue weighted by Gasteiger charge is 2.11. The van der Waals surface area contributed by atoms with Crippen molar-refractivity contribution in [1.29, 1.82) is 0 Å². The average Bonchev–Trinajstić information content (AvgIpc) is 2.59. The van der Waals surface area contributed by atoms with Gasteiger partial charge in [0, 0.05) is 10.7 Å². The second-order valence-corrected chi connectivity index (χ2v) is 5.97. The van der Waals surface area contributed by atoms with Crippen molar-refractivity contribution in [3.63, 3.8) is 0 Å². The van der Waals surface area contributed by atoms with Crippen LogP contribution in [0.4, 0.5) is 0 Å². The van der Waals surface area contributed by atoms with E-state index in [2.05, 4.69) is 76.6 Å². The third-order valence-corrected chi connectivity index (χ3v) is 4.00. The Hall–Kier alpha value is -2.19. The molecule has 0 spiro atoms. The molecule has 0 amide bonds. The van der Waals surface area contributed by atoms with Gasteiger partial charge >= 0.3 is 0 Å². The number of halogens is 1. The number of nitrogens with zero attached hydrogens (tertiary/aromatic N) is 1. The molecule has 2 heteroatoms. The molecule has 1 nitrogen and oxygen atoms in total. The van der Waals surface area contributed by atoms with Gasteiger partial charge in [-0.3, -0.25) is 4.99 Å². The van der Waals surface area contributed by atoms with Crippen LogP contribution in [0, 0.1) is 0 Å². The molecular formula is C20H16BrN. The molecule has 0 saturated carbocycles. The Balaban J connectivity index is 1.94. The van der Waals surface area contributed by atoms with Crippen molar-refractivity contribution in [2.45, 2.75) is 6.04 Å². The number of benzene rings is 3. The number of rotatable bonds is 4. The molecule has 0 N–H and O–H groups in total. The summed E-state index contributed by atoms with van der Waals surface area (Å²) in [6.45, 7) is 0. The van der Waals surface area contributed by atoms with Crippen molar-refractivity contribution in [3.8, 4) is 0 Å². The van der Waals surface area contributed by atoms with Crippen LogP contribution in [0.5, 0.6) is 0 Å². The summed E-state index contributed by atoms with van der Waals surface area (Å²) in [6.07, 6.45) is 1.94. The molecule has 0 saturated heterocycles. The van der Waals surface area contributed by atoms with E-state index in [4.69, 9.17) is 4.99 Å². The van der Waals surface area contributed by atoms with Crippen molar-refractivity contribution in [3.05, 3.63) is 106 Å². The summed E-state index contributed by atoms with van der Waals surface area (Å²) in [5.41, 5.74) is 3.49. The van der Waals surface area contributed by atoms with Crippen LogP contribution in [0.2, 0.25) is 0 Å². The fourth-order valence-corrected chi connectivity index (χ4v) is 2.61. The van der Waals surface area contributed by atoms with Crippen LogP contribution < -0.4 is 0 Å². The highest BCUT2D eigenvalue weighted by molar-refractivity contribution is 9.10. The molecule has 3 aromatic rings. The van der Waals surface area contributed by atoms with Crippen molar-refractivity contribution >= 4 is 22.1 Å². The second kappa shape index (κ2) is 7.19. The largest absolute Gasteiger partial charge is 0.280 e. The molecule has 0 atom stereocenters. The van der Waals surface area contributed by atoms with Crippen LogP contribution in [0.15, 0.2) is 94.4 Å². The molecule has 0 fully saturated rings. The lowest BCUT2D eigenvalue weighted by atomic mass is 9.99. The van der Waals surface area contributed by atoms with Gasteiger partial charge in [0.25, 0.3) is 0 Å². The summed E-state index contributed by atoms with van der Waals surface area (Å²) in [7, 11) is 0. The molecule has 0 heterocycles. The summed E-state index contributed by atoms with van der Waals surface area (Å²) >= 11 is 3.45. The number of aliphatic imine (C=N–C) groups is 1. The zero-order chi connectivity index (χ0) is 15.2. The van der Waals surface area contributed by atoms with Crippen molar-refractivity contribution in [2.24, 2.45) is 4.99 Å². The minimum Gasteiger partial charge on any atom is -0.280 e. The number of hydrogen-bond acceptors (Lipinski definition) is 1. The molecule has 3 aromatic carbocycles. The normalized spacial score (nSPS) is 11.2. The maximum atomic E-state index is 4.82. The van der Waals surface area contributed by atoms with E-state index in [1.807, 2.05) is 30.5 Å². The Morgan fingerprint density at radius 2 is 1.18 bits per heavy atom. The van der Waals surface area contributed by atoms with E-state index in [-0.39, 0.29) is 6.04 Å². The molecule has 0 aliphatic carbocycles. The van der Waals surface area contributed by atoms with Gasteiger partial charge in [-0.05, 0) is 28.8 Å². The maximum absolute atomic E-state index is 4.82. The first-order valence-corrected chi connectivity index (χ1v) is 8.01. The quantitative estimate of drug-likeness (QED) is 0.539. The Bertz CT molecular complexity index is 694. The smallest absolute Gasteiger partial charge is 0.0999 e. The van der Waals surface area contributed by atoms with E-state index in [9.17, 15) is 0 Å². The molecule has 22 heavy (non-hydrogen) atoms. The second-order valence-electron chi connectivity index (χ2n) is 5.05. The maximum Gasteiger partial charge on any atom is 0.0999 e. The molecule has 0 aromatic heterocycles. The minimum atomic E-state index is 0.0195. The average molecular weight is 350 g/mol. The molecular weight excluding hydrogens is 334 g/mol. The molecule has 0 unspecified atom stereocenters. The zero-order valence-electron chi connectivity index (χ0n) is 12.1. The van der Waals surface area contributed by atoms with Crippen LogP contribution in [0.3, 0.4) is 0 Å². The first-order chi connectivity index (χ1) is 10.8. The van der Waals surface area contributed by atoms with Crippen LogP contribution in [-0.2, 0) is 0 Å². The van der Waals surface area contributed by atoms with E-state index in [0.29, 0.717) is 0 Å². The van der Waals surface area contributed by atoms with Crippen LogP contribution >= 0.6 is 15.9 Å². The third-order valence-electron chi connectivity index (χ3n) is 3.47. The van der Waals surface area contributed by atoms with Crippen molar-refractivity contribution < 1.29 is 0 Å². The minimum absolute atomic E-state index is 0.0195. The van der Waals surface area contributed by atoms with E-state index in [0.717, 1.165) is 10.0 Å². The Labute approximate surface area is 139 Å². The van der Waals surface area contributed by atoms with Gasteiger partial charge in [-0.15, -0.1) is 0 Å². The standard InChI is InChI=1S/C20H16BrN/c21-19-13-11-16(12-14-19)15-22-20(17-7-3-1-4-8-17)18-9-5-2-6-10-18/h1-15,20H/b22-15+. The van der Waals surface area contributed by atoms with Crippen LogP contribution in [-0.4, -0.2) is 6.21 Å². The van der Waals surface area contributed by atoms with Gasteiger partial charge in [0.05, 0.1) is 6.04 Å². The predicted molar refractivity (Wildman–Crippen MR) is 96.5 cm³/mol. The van der Waals surface area contributed by atoms with E-state index >= 15 is 0 Å². The highest BCUT2D eigenvalue weighted by Crippen LogP contribution is 2.25. The molecule has 0 bridgehead atoms. The molecule has 0 aliphatic rings. The van der Waals surface area contributed by atoms with Gasteiger partial charge in [0.15, 0.2) is 0 Å². The first-order valence-electron chi connectivity index (χ1n) is 7.21. The van der Waals surface area contributed by atoms with Gasteiger partial charge in [-0.25, -0.2) is 0 Å². The van der Waals surface area contributed by atoms with Crippen molar-refractivity contribution in [2.75, 3.05) is 0 Å². The zero-order valence-corrected chi connectivity index (χ0v) is 13.6. The first kappa shape index (κ1) is 14.7. The summed E-state index contributed by atoms with van der Waals surface area (Å²) in [4.78, 5) is 4.82. The third kappa shape index (κ3) is 3.71. The summed E-state index contributed by atoms with van der Waals surface area (Å²) in [5.74, 6) is 0. The molecule has 0 aliphatic heterocycles. The lowest BCUT2D eigenvalue weighted by Gasteiger charge is -2.13. The van der Waals surface area contributed by atoms with E-state index < -0.39 is 0 Å². The fraction of sp³-hybridized carbons (Fsp3) is 0.0500. The predicted octanol–water partition coefficient (Wildman–Crippen LogP) is 5.66. The summed E-state index contributed by atoms with van der Waals surface area (Å²) in [5, 5.41) is 0. The Morgan fingerprint density at radius 1 is 0.682 bits per heavy atom. The van der Waals surface area contributed by atoms with E-state index in [1.54, 1.807) is 0 Å². The Kier molecular flexibility index (Phi) is 4.81. The van der Waals surface area contributed by atoms with Gasteiger partial charge in [-0.2, -0.15) is 0 Å². The number of hydrogen-bond donors (Lipinski definition) is 0. The molecule has 0 radical (unpaired) electrons. The monoisotopic (exact) mass is 349 g/mol. The molecule has 108 valence electrons. The Morgan fingerprint density at radius 3 is 1.68 bits per heavy atom. The van der Waals surface area contributed by atoms with Crippen LogP contribution in [0.25, 0.3) is 0 Å². The van der Waals surface area contributed by atoms with E-state index in [1.165, 1.54) is 11.1 Å². The van der Waals surface area contributed by atoms with Gasteiger partial charge in [0.1, 0.15) is 0 Å². The highest BCUT2D eigenvalue weighted by atomic mass is 79.9. The SMILES string of the molecule is Brc1ccc(/C=N/C(c2ccccc2)c2ccccc2)cc1. The molecule has 3 rings (SSSR count).